The highest BCUT2D eigenvalue weighted by Crippen LogP contribution is 2.38. The van der Waals surface area contributed by atoms with E-state index in [1.165, 1.54) is 18.1 Å². The number of anilines is 3. The van der Waals surface area contributed by atoms with Crippen molar-refractivity contribution >= 4 is 61.8 Å². The van der Waals surface area contributed by atoms with Crippen LogP contribution in [0.25, 0.3) is 10.9 Å². The molecule has 0 bridgehead atoms. The molecule has 5 aromatic rings. The van der Waals surface area contributed by atoms with Gasteiger partial charge in [-0.25, -0.2) is 28.4 Å². The number of aryl methyl sites for hydroxylation is 2. The van der Waals surface area contributed by atoms with E-state index < -0.39 is 44.7 Å². The van der Waals surface area contributed by atoms with Crippen molar-refractivity contribution in [3.05, 3.63) is 83.7 Å². The quantitative estimate of drug-likeness (QED) is 0.0747. The van der Waals surface area contributed by atoms with Crippen molar-refractivity contribution in [2.45, 2.75) is 132 Å². The minimum absolute atomic E-state index is 0.0565. The number of fused-ring (bicyclic) bond motifs is 2. The summed E-state index contributed by atoms with van der Waals surface area (Å²) in [6.45, 7) is 12.1. The summed E-state index contributed by atoms with van der Waals surface area (Å²) in [5, 5.41) is 23.1. The Labute approximate surface area is 444 Å². The van der Waals surface area contributed by atoms with Crippen LogP contribution in [0.1, 0.15) is 112 Å². The number of nitrogens with one attached hydrogen (secondary N) is 6. The number of hydrogen-bond acceptors (Lipinski definition) is 16. The number of benzene rings is 2. The first-order valence-electron chi connectivity index (χ1n) is 26.7. The zero-order chi connectivity index (χ0) is 53.7. The molecule has 406 valence electrons. The summed E-state index contributed by atoms with van der Waals surface area (Å²) < 4.78 is 33.2. The van der Waals surface area contributed by atoms with E-state index in [2.05, 4.69) is 72.6 Å². The van der Waals surface area contributed by atoms with Crippen LogP contribution >= 0.6 is 0 Å². The Bertz CT molecular complexity index is 3010. The average molecular weight is 1060 g/mol. The van der Waals surface area contributed by atoms with Gasteiger partial charge in [-0.15, -0.1) is 0 Å². The normalized spacial score (nSPS) is 20.4. The fraction of sp³-hybridized carbons (Fsp3) is 0.537. The van der Waals surface area contributed by atoms with Crippen molar-refractivity contribution < 1.29 is 32.3 Å². The van der Waals surface area contributed by atoms with Gasteiger partial charge in [0, 0.05) is 62.3 Å². The fourth-order valence-electron chi connectivity index (χ4n) is 10.8. The number of hydrogen-bond donors (Lipinski definition) is 6. The second kappa shape index (κ2) is 23.2. The molecule has 2 saturated heterocycles. The topological polar surface area (TPSA) is 262 Å². The molecular formula is C54H72N14O7S. The molecule has 6 N–H and O–H groups in total. The second-order valence-corrected chi connectivity index (χ2v) is 24.3. The third-order valence-corrected chi connectivity index (χ3v) is 18.0. The van der Waals surface area contributed by atoms with E-state index in [4.69, 9.17) is 4.74 Å². The molecular weight excluding hydrogens is 989 g/mol. The third kappa shape index (κ3) is 11.9. The van der Waals surface area contributed by atoms with Crippen LogP contribution in [0.2, 0.25) is 0 Å². The molecule has 0 spiro atoms. The molecule has 4 aliphatic rings. The van der Waals surface area contributed by atoms with Gasteiger partial charge in [0.25, 0.3) is 5.91 Å². The number of likely N-dealkylation sites (tertiary alicyclic amines) is 1. The average Bonchev–Trinajstić information content (AvgIpc) is 4.05. The van der Waals surface area contributed by atoms with Gasteiger partial charge in [-0.3, -0.25) is 29.2 Å². The molecule has 2 aliphatic heterocycles. The minimum Gasteiger partial charge on any atom is -0.491 e. The summed E-state index contributed by atoms with van der Waals surface area (Å²) in [6.07, 6.45) is 13.5. The Morgan fingerprint density at radius 2 is 1.68 bits per heavy atom. The molecule has 4 amide bonds. The highest BCUT2D eigenvalue weighted by Gasteiger charge is 2.45. The predicted octanol–water partition coefficient (Wildman–Crippen LogP) is 4.53. The van der Waals surface area contributed by atoms with Crippen LogP contribution in [0.15, 0.2) is 66.2 Å². The van der Waals surface area contributed by atoms with Gasteiger partial charge in [0.05, 0.1) is 40.9 Å². The van der Waals surface area contributed by atoms with Gasteiger partial charge in [0.1, 0.15) is 58.8 Å². The lowest BCUT2D eigenvalue weighted by atomic mass is 9.83. The van der Waals surface area contributed by atoms with Crippen LogP contribution in [0.4, 0.5) is 17.5 Å². The number of sulfone groups is 1. The largest absolute Gasteiger partial charge is 0.491 e. The lowest BCUT2D eigenvalue weighted by Crippen LogP contribution is -2.58. The molecule has 2 aliphatic carbocycles. The second-order valence-electron chi connectivity index (χ2n) is 21.6. The van der Waals surface area contributed by atoms with Crippen molar-refractivity contribution in [2.75, 3.05) is 63.1 Å². The van der Waals surface area contributed by atoms with Crippen LogP contribution in [0, 0.1) is 12.8 Å². The van der Waals surface area contributed by atoms with Crippen LogP contribution in [-0.4, -0.2) is 154 Å². The van der Waals surface area contributed by atoms with E-state index in [-0.39, 0.29) is 65.6 Å². The van der Waals surface area contributed by atoms with Crippen LogP contribution < -0.4 is 36.2 Å². The zero-order valence-electron chi connectivity index (χ0n) is 44.4. The van der Waals surface area contributed by atoms with Gasteiger partial charge >= 0.3 is 0 Å². The lowest BCUT2D eigenvalue weighted by molar-refractivity contribution is -0.143. The molecule has 3 aromatic heterocycles. The van der Waals surface area contributed by atoms with E-state index in [0.717, 1.165) is 62.5 Å². The first kappa shape index (κ1) is 54.0. The maximum absolute atomic E-state index is 14.8. The van der Waals surface area contributed by atoms with E-state index in [1.807, 2.05) is 25.1 Å². The molecule has 3 fully saturated rings. The first-order chi connectivity index (χ1) is 36.5. The molecule has 1 saturated carbocycles. The molecule has 2 aromatic carbocycles. The van der Waals surface area contributed by atoms with Crippen molar-refractivity contribution in [2.24, 2.45) is 5.92 Å². The van der Waals surface area contributed by atoms with Gasteiger partial charge in [0.2, 0.25) is 17.7 Å². The fourth-order valence-corrected chi connectivity index (χ4v) is 12.1. The van der Waals surface area contributed by atoms with Gasteiger partial charge < -0.3 is 41.1 Å². The molecule has 9 rings (SSSR count). The standard InChI is InChI=1S/C54H72N14O7S/c1-33-28-60-65-48(33)64-49-39-26-45(76(73,74)54(3,4)5)44(27-41(39)58-32-59-49)75-24-23-66-19-21-67(22-20-66)46-30-56-42(29-57-46)51(70)61-37-25-43(52(71)62-40-18-12-16-35-13-10-11-17-38(35)40)68(31-37)53(72)47(36-14-8-7-9-15-36)63-50(69)34(2)55-6/h10-11,13,17,26-30,32,34,36-37,40,43,47,55H,7-9,12,14-16,18-25,31H2,1-6H3,(H,61,70)(H,62,71)(H,63,69)(H2,58,59,60,64,65)/t34-,37-,40+,43-,47-/m0/s1. The minimum atomic E-state index is -3.86. The zero-order valence-corrected chi connectivity index (χ0v) is 45.2. The number of piperazine rings is 1. The molecule has 21 nitrogen and oxygen atoms in total. The Balaban J connectivity index is 0.829. The van der Waals surface area contributed by atoms with Gasteiger partial charge in [-0.2, -0.15) is 5.10 Å². The highest BCUT2D eigenvalue weighted by atomic mass is 32.2. The summed E-state index contributed by atoms with van der Waals surface area (Å²) in [4.78, 5) is 80.4. The number of rotatable bonds is 17. The van der Waals surface area contributed by atoms with Crippen molar-refractivity contribution in [3.8, 4) is 5.75 Å². The van der Waals surface area contributed by atoms with Gasteiger partial charge in [-0.05, 0) is 103 Å². The number of amides is 4. The van der Waals surface area contributed by atoms with E-state index in [0.29, 0.717) is 61.1 Å². The Kier molecular flexibility index (Phi) is 16.5. The maximum Gasteiger partial charge on any atom is 0.271 e. The number of carbonyl (C=O) groups is 4. The third-order valence-electron chi connectivity index (χ3n) is 15.5. The van der Waals surface area contributed by atoms with Crippen LogP contribution in [-0.2, 0) is 30.6 Å². The molecule has 0 radical (unpaired) electrons. The van der Waals surface area contributed by atoms with E-state index in [1.54, 1.807) is 64.2 Å². The Hall–Kier alpha value is -6.78. The summed E-state index contributed by atoms with van der Waals surface area (Å²) in [7, 11) is -2.16. The highest BCUT2D eigenvalue weighted by molar-refractivity contribution is 7.92. The molecule has 22 heteroatoms. The number of likely N-dealkylation sites (N-methyl/N-ethyl adjacent to an activating group) is 1. The SMILES string of the molecule is CN[C@@H](C)C(=O)N[C@H](C(=O)N1C[C@@H](NC(=O)c2cnc(N3CCN(CCOc4cc5ncnc(Nc6[nH]ncc6C)c5cc4S(=O)(=O)C(C)(C)C)CC3)cn2)C[C@H]1C(=O)N[C@@H]1CCCc2ccccc21)C1CCCCC1. The molecule has 5 heterocycles. The smallest absolute Gasteiger partial charge is 0.271 e. The Morgan fingerprint density at radius 1 is 0.908 bits per heavy atom. The van der Waals surface area contributed by atoms with Crippen molar-refractivity contribution in [3.63, 3.8) is 0 Å². The first-order valence-corrected chi connectivity index (χ1v) is 28.2. The number of H-pyrrole nitrogens is 1. The molecule has 0 unspecified atom stereocenters. The number of ether oxygens (including phenoxy) is 1. The van der Waals surface area contributed by atoms with Crippen molar-refractivity contribution in [1.82, 2.24) is 61.2 Å². The summed E-state index contributed by atoms with van der Waals surface area (Å²) in [5.74, 6) is 0.470. The lowest BCUT2D eigenvalue weighted by Gasteiger charge is -2.35. The van der Waals surface area contributed by atoms with Crippen LogP contribution in [0.5, 0.6) is 5.75 Å². The molecule has 76 heavy (non-hydrogen) atoms. The molecule has 5 atom stereocenters. The number of carbonyl (C=O) groups excluding carboxylic acids is 4. The monoisotopic (exact) mass is 1060 g/mol. The van der Waals surface area contributed by atoms with Crippen molar-refractivity contribution in [1.29, 1.82) is 0 Å². The van der Waals surface area contributed by atoms with E-state index >= 15 is 0 Å². The van der Waals surface area contributed by atoms with Gasteiger partial charge in [-0.1, -0.05) is 43.5 Å². The van der Waals surface area contributed by atoms with Gasteiger partial charge in [0.15, 0.2) is 9.84 Å². The number of nitrogens with zero attached hydrogens (tertiary/aromatic N) is 8. The summed E-state index contributed by atoms with van der Waals surface area (Å²) in [5.41, 5.74) is 3.77. The summed E-state index contributed by atoms with van der Waals surface area (Å²) in [6, 6.07) is 8.38. The van der Waals surface area contributed by atoms with Crippen LogP contribution in [0.3, 0.4) is 0 Å². The number of aromatic nitrogens is 6. The summed E-state index contributed by atoms with van der Waals surface area (Å²) >= 11 is 0. The van der Waals surface area contributed by atoms with E-state index in [9.17, 15) is 27.6 Å². The predicted molar refractivity (Wildman–Crippen MR) is 288 cm³/mol. The Morgan fingerprint density at radius 3 is 2.39 bits per heavy atom. The maximum atomic E-state index is 14.8. The number of aromatic amines is 1.